The molecular weight excluding hydrogens is 313 g/mol. The van der Waals surface area contributed by atoms with Crippen LogP contribution < -0.4 is 0 Å². The summed E-state index contributed by atoms with van der Waals surface area (Å²) in [6, 6.07) is 4.54. The maximum atomic E-state index is 13.6. The Kier molecular flexibility index (Phi) is 4.85. The van der Waals surface area contributed by atoms with Crippen molar-refractivity contribution in [2.24, 2.45) is 11.8 Å². The number of carbonyl (C=O) groups is 2. The first-order valence-electron chi connectivity index (χ1n) is 8.37. The number of aliphatic carboxylic acids is 1. The Bertz CT molecular complexity index is 640. The highest BCUT2D eigenvalue weighted by Crippen LogP contribution is 2.33. The summed E-state index contributed by atoms with van der Waals surface area (Å²) in [4.78, 5) is 25.5. The Labute approximate surface area is 140 Å². The number of hydrogen-bond donors (Lipinski definition) is 1. The van der Waals surface area contributed by atoms with Crippen molar-refractivity contribution in [3.8, 4) is 0 Å². The van der Waals surface area contributed by atoms with Gasteiger partial charge in [0.05, 0.1) is 12.0 Å². The van der Waals surface area contributed by atoms with Gasteiger partial charge in [-0.1, -0.05) is 6.07 Å². The summed E-state index contributed by atoms with van der Waals surface area (Å²) in [5, 5.41) is 9.27. The number of benzene rings is 1. The Morgan fingerprint density at radius 1 is 1.25 bits per heavy atom. The molecule has 3 rings (SSSR count). The Morgan fingerprint density at radius 2 is 1.96 bits per heavy atom. The van der Waals surface area contributed by atoms with Crippen molar-refractivity contribution >= 4 is 11.9 Å². The van der Waals surface area contributed by atoms with Crippen LogP contribution in [0.15, 0.2) is 18.2 Å². The number of carboxylic acids is 1. The predicted octanol–water partition coefficient (Wildman–Crippen LogP) is 2.48. The van der Waals surface area contributed by atoms with E-state index in [0.29, 0.717) is 50.1 Å². The number of aryl methyl sites for hydroxylation is 1. The van der Waals surface area contributed by atoms with Crippen molar-refractivity contribution in [3.05, 3.63) is 35.1 Å². The Hall–Kier alpha value is -1.95. The molecule has 0 saturated carbocycles. The van der Waals surface area contributed by atoms with Gasteiger partial charge in [0.2, 0.25) is 0 Å². The molecule has 0 radical (unpaired) electrons. The van der Waals surface area contributed by atoms with Gasteiger partial charge in [0.15, 0.2) is 0 Å². The fourth-order valence-corrected chi connectivity index (χ4v) is 3.68. The average molecular weight is 335 g/mol. The molecule has 130 valence electrons. The molecule has 2 atom stereocenters. The highest BCUT2D eigenvalue weighted by Gasteiger charge is 2.40. The van der Waals surface area contributed by atoms with Crippen molar-refractivity contribution in [2.45, 2.75) is 32.3 Å². The molecule has 1 unspecified atom stereocenters. The summed E-state index contributed by atoms with van der Waals surface area (Å²) in [6.07, 6.45) is 1.74. The van der Waals surface area contributed by atoms with E-state index in [2.05, 4.69) is 0 Å². The van der Waals surface area contributed by atoms with Gasteiger partial charge in [0.25, 0.3) is 5.91 Å². The topological polar surface area (TPSA) is 66.8 Å². The van der Waals surface area contributed by atoms with Crippen LogP contribution in [0.3, 0.4) is 0 Å². The van der Waals surface area contributed by atoms with Crippen LogP contribution in [0, 0.1) is 24.6 Å². The van der Waals surface area contributed by atoms with Crippen molar-refractivity contribution in [1.82, 2.24) is 4.90 Å². The highest BCUT2D eigenvalue weighted by molar-refractivity contribution is 5.94. The summed E-state index contributed by atoms with van der Waals surface area (Å²) < 4.78 is 19.3. The molecular formula is C18H22FNO4. The molecule has 1 aromatic rings. The standard InChI is InChI=1S/C18H22FNO4/c1-11-2-3-13(10-15(11)19)17(21)20-7-4-12(5-8-20)16-14(18(22)23)6-9-24-16/h2-3,10,12,14,16H,4-9H2,1H3,(H,22,23)/t14?,16-/m0/s1. The largest absolute Gasteiger partial charge is 0.481 e. The molecule has 5 nitrogen and oxygen atoms in total. The fourth-order valence-electron chi connectivity index (χ4n) is 3.68. The number of nitrogens with zero attached hydrogens (tertiary/aromatic N) is 1. The van der Waals surface area contributed by atoms with Gasteiger partial charge in [0, 0.05) is 25.3 Å². The lowest BCUT2D eigenvalue weighted by molar-refractivity contribution is -0.145. The summed E-state index contributed by atoms with van der Waals surface area (Å²) in [5.41, 5.74) is 0.875. The summed E-state index contributed by atoms with van der Waals surface area (Å²) in [6.45, 7) is 3.25. The molecule has 2 saturated heterocycles. The summed E-state index contributed by atoms with van der Waals surface area (Å²) >= 11 is 0. The van der Waals surface area contributed by atoms with Crippen LogP contribution in [0.1, 0.15) is 35.2 Å². The molecule has 2 aliphatic heterocycles. The van der Waals surface area contributed by atoms with E-state index >= 15 is 0 Å². The molecule has 0 aliphatic carbocycles. The summed E-state index contributed by atoms with van der Waals surface area (Å²) in [7, 11) is 0. The van der Waals surface area contributed by atoms with Crippen LogP contribution in [-0.4, -0.2) is 47.7 Å². The third-order valence-corrected chi connectivity index (χ3v) is 5.16. The zero-order chi connectivity index (χ0) is 17.3. The van der Waals surface area contributed by atoms with Gasteiger partial charge in [0.1, 0.15) is 5.82 Å². The van der Waals surface area contributed by atoms with Crippen molar-refractivity contribution < 1.29 is 23.8 Å². The van der Waals surface area contributed by atoms with E-state index in [1.165, 1.54) is 6.07 Å². The van der Waals surface area contributed by atoms with Crippen molar-refractivity contribution in [3.63, 3.8) is 0 Å². The molecule has 2 fully saturated rings. The molecule has 1 amide bonds. The molecule has 0 spiro atoms. The third-order valence-electron chi connectivity index (χ3n) is 5.16. The number of piperidine rings is 1. The van der Waals surface area contributed by atoms with Crippen molar-refractivity contribution in [1.29, 1.82) is 0 Å². The smallest absolute Gasteiger partial charge is 0.309 e. The molecule has 24 heavy (non-hydrogen) atoms. The van der Waals surface area contributed by atoms with E-state index in [1.807, 2.05) is 0 Å². The number of hydrogen-bond acceptors (Lipinski definition) is 3. The van der Waals surface area contributed by atoms with Gasteiger partial charge in [-0.15, -0.1) is 0 Å². The molecule has 0 bridgehead atoms. The zero-order valence-corrected chi connectivity index (χ0v) is 13.7. The average Bonchev–Trinajstić information content (AvgIpc) is 3.07. The molecule has 0 aromatic heterocycles. The number of amides is 1. The Morgan fingerprint density at radius 3 is 2.58 bits per heavy atom. The van der Waals surface area contributed by atoms with Crippen LogP contribution in [0.2, 0.25) is 0 Å². The van der Waals surface area contributed by atoms with Crippen LogP contribution in [0.25, 0.3) is 0 Å². The first-order chi connectivity index (χ1) is 11.5. The molecule has 1 N–H and O–H groups in total. The van der Waals surface area contributed by atoms with E-state index in [-0.39, 0.29) is 23.7 Å². The van der Waals surface area contributed by atoms with Gasteiger partial charge >= 0.3 is 5.97 Å². The normalized spacial score (nSPS) is 25.0. The van der Waals surface area contributed by atoms with E-state index in [1.54, 1.807) is 24.0 Å². The number of rotatable bonds is 3. The van der Waals surface area contributed by atoms with E-state index < -0.39 is 11.9 Å². The van der Waals surface area contributed by atoms with Crippen LogP contribution in [0.4, 0.5) is 4.39 Å². The minimum absolute atomic E-state index is 0.160. The van der Waals surface area contributed by atoms with E-state index in [4.69, 9.17) is 4.74 Å². The van der Waals surface area contributed by atoms with Crippen LogP contribution >= 0.6 is 0 Å². The quantitative estimate of drug-likeness (QED) is 0.921. The number of ether oxygens (including phenoxy) is 1. The second-order valence-electron chi connectivity index (χ2n) is 6.66. The first kappa shape index (κ1) is 16.9. The zero-order valence-electron chi connectivity index (χ0n) is 13.7. The molecule has 1 aromatic carbocycles. The van der Waals surface area contributed by atoms with Crippen molar-refractivity contribution in [2.75, 3.05) is 19.7 Å². The maximum Gasteiger partial charge on any atom is 0.309 e. The Balaban J connectivity index is 1.61. The fraction of sp³-hybridized carbons (Fsp3) is 0.556. The third kappa shape index (κ3) is 3.29. The van der Waals surface area contributed by atoms with Crippen LogP contribution in [0.5, 0.6) is 0 Å². The van der Waals surface area contributed by atoms with E-state index in [0.717, 1.165) is 0 Å². The van der Waals surface area contributed by atoms with Gasteiger partial charge < -0.3 is 14.7 Å². The summed E-state index contributed by atoms with van der Waals surface area (Å²) in [5.74, 6) is -1.63. The molecule has 2 aliphatic rings. The maximum absolute atomic E-state index is 13.6. The van der Waals surface area contributed by atoms with Gasteiger partial charge in [-0.2, -0.15) is 0 Å². The number of likely N-dealkylation sites (tertiary alicyclic amines) is 1. The van der Waals surface area contributed by atoms with E-state index in [9.17, 15) is 19.1 Å². The van der Waals surface area contributed by atoms with Gasteiger partial charge in [-0.3, -0.25) is 9.59 Å². The molecule has 6 heteroatoms. The second kappa shape index (κ2) is 6.89. The minimum atomic E-state index is -0.800. The number of carbonyl (C=O) groups excluding carboxylic acids is 1. The number of halogens is 1. The lowest BCUT2D eigenvalue weighted by atomic mass is 9.84. The predicted molar refractivity (Wildman–Crippen MR) is 85.2 cm³/mol. The van der Waals surface area contributed by atoms with Crippen LogP contribution in [-0.2, 0) is 9.53 Å². The highest BCUT2D eigenvalue weighted by atomic mass is 19.1. The molecule has 2 heterocycles. The number of carboxylic acid groups (broad SMARTS) is 1. The lowest BCUT2D eigenvalue weighted by Crippen LogP contribution is -2.43. The SMILES string of the molecule is Cc1ccc(C(=O)N2CCC([C@@H]3OCCC3C(=O)O)CC2)cc1F. The lowest BCUT2D eigenvalue weighted by Gasteiger charge is -2.35. The second-order valence-corrected chi connectivity index (χ2v) is 6.66. The monoisotopic (exact) mass is 335 g/mol. The van der Waals surface area contributed by atoms with Gasteiger partial charge in [-0.05, 0) is 49.8 Å². The minimum Gasteiger partial charge on any atom is -0.481 e. The first-order valence-corrected chi connectivity index (χ1v) is 8.37. The van der Waals surface area contributed by atoms with Gasteiger partial charge in [-0.25, -0.2) is 4.39 Å².